The lowest BCUT2D eigenvalue weighted by molar-refractivity contribution is -0.115. The van der Waals surface area contributed by atoms with Crippen LogP contribution >= 0.6 is 0 Å². The number of nitrogens with one attached hydrogen (secondary N) is 2. The van der Waals surface area contributed by atoms with E-state index in [0.717, 1.165) is 0 Å². The van der Waals surface area contributed by atoms with Crippen molar-refractivity contribution in [3.05, 3.63) is 23.8 Å². The van der Waals surface area contributed by atoms with Gasteiger partial charge in [0.25, 0.3) is 5.91 Å². The Hall–Kier alpha value is -2.74. The first-order chi connectivity index (χ1) is 10.1. The minimum atomic E-state index is -0.802. The van der Waals surface area contributed by atoms with Gasteiger partial charge in [0.15, 0.2) is 11.5 Å². The van der Waals surface area contributed by atoms with Gasteiger partial charge in [0.2, 0.25) is 5.75 Å². The molecule has 0 aromatic heterocycles. The maximum Gasteiger partial charge on any atom is 0.335 e. The molecule has 0 radical (unpaired) electrons. The molecule has 0 saturated heterocycles. The van der Waals surface area contributed by atoms with Crippen LogP contribution < -0.4 is 30.8 Å². The highest BCUT2D eigenvalue weighted by Gasteiger charge is 2.14. The zero-order chi connectivity index (χ0) is 15.8. The summed E-state index contributed by atoms with van der Waals surface area (Å²) >= 11 is 0. The average molecular weight is 295 g/mol. The van der Waals surface area contributed by atoms with Crippen molar-refractivity contribution in [3.8, 4) is 17.2 Å². The highest BCUT2D eigenvalue weighted by molar-refractivity contribution is 6.02. The number of hydrogen-bond donors (Lipinski definition) is 3. The zero-order valence-electron chi connectivity index (χ0n) is 11.9. The molecule has 8 nitrogen and oxygen atoms in total. The number of hydrogen-bond acceptors (Lipinski definition) is 6. The van der Waals surface area contributed by atoms with E-state index in [4.69, 9.17) is 20.1 Å². The summed E-state index contributed by atoms with van der Waals surface area (Å²) in [6, 6.07) is 2.56. The Labute approximate surface area is 121 Å². The number of carbonyl (C=O) groups excluding carboxylic acids is 2. The number of carbonyl (C=O) groups is 2. The number of ether oxygens (including phenoxy) is 3. The standard InChI is InChI=1S/C13H17N3O5/c1-19-9-6-4-8(11(20-2)12(9)21-3)5-7-10(17)15-13(18)16-14/h4-7H,14H2,1-3H3,(H2,15,16,17,18)/b7-5+. The number of urea groups is 1. The van der Waals surface area contributed by atoms with Crippen LogP contribution in [0.25, 0.3) is 6.08 Å². The third-order valence-electron chi connectivity index (χ3n) is 2.52. The van der Waals surface area contributed by atoms with E-state index < -0.39 is 11.9 Å². The van der Waals surface area contributed by atoms with Crippen molar-refractivity contribution in [1.82, 2.24) is 10.7 Å². The number of benzene rings is 1. The molecule has 0 heterocycles. The van der Waals surface area contributed by atoms with Gasteiger partial charge in [0.1, 0.15) is 0 Å². The van der Waals surface area contributed by atoms with Crippen LogP contribution in [0.2, 0.25) is 0 Å². The van der Waals surface area contributed by atoms with Gasteiger partial charge in [-0.25, -0.2) is 10.6 Å². The average Bonchev–Trinajstić information content (AvgIpc) is 2.51. The maximum absolute atomic E-state index is 11.5. The molecule has 0 aliphatic rings. The first-order valence-corrected chi connectivity index (χ1v) is 5.86. The fourth-order valence-corrected chi connectivity index (χ4v) is 1.61. The van der Waals surface area contributed by atoms with Gasteiger partial charge >= 0.3 is 6.03 Å². The lowest BCUT2D eigenvalue weighted by Crippen LogP contribution is -2.42. The van der Waals surface area contributed by atoms with Crippen LogP contribution in [0.15, 0.2) is 18.2 Å². The molecule has 1 aromatic rings. The van der Waals surface area contributed by atoms with Crippen molar-refractivity contribution < 1.29 is 23.8 Å². The van der Waals surface area contributed by atoms with Crippen LogP contribution in [-0.2, 0) is 4.79 Å². The molecule has 8 heteroatoms. The molecule has 0 aliphatic carbocycles. The zero-order valence-corrected chi connectivity index (χ0v) is 11.9. The third-order valence-corrected chi connectivity index (χ3v) is 2.52. The fourth-order valence-electron chi connectivity index (χ4n) is 1.61. The van der Waals surface area contributed by atoms with Crippen LogP contribution in [0, 0.1) is 0 Å². The molecule has 114 valence electrons. The van der Waals surface area contributed by atoms with Crippen LogP contribution in [-0.4, -0.2) is 33.3 Å². The number of imide groups is 1. The second-order valence-electron chi connectivity index (χ2n) is 3.72. The smallest absolute Gasteiger partial charge is 0.335 e. The second kappa shape index (κ2) is 7.75. The van der Waals surface area contributed by atoms with Crippen molar-refractivity contribution in [3.63, 3.8) is 0 Å². The summed E-state index contributed by atoms with van der Waals surface area (Å²) in [5, 5.41) is 1.99. The van der Waals surface area contributed by atoms with E-state index in [-0.39, 0.29) is 0 Å². The molecular weight excluding hydrogens is 278 g/mol. The monoisotopic (exact) mass is 295 g/mol. The van der Waals surface area contributed by atoms with Gasteiger partial charge in [-0.3, -0.25) is 15.5 Å². The van der Waals surface area contributed by atoms with Gasteiger partial charge < -0.3 is 14.2 Å². The molecule has 1 aromatic carbocycles. The lowest BCUT2D eigenvalue weighted by Gasteiger charge is -2.13. The number of nitrogens with two attached hydrogens (primary N) is 1. The SMILES string of the molecule is COc1ccc(/C=C/C(=O)NC(=O)NN)c(OC)c1OC. The van der Waals surface area contributed by atoms with E-state index in [0.29, 0.717) is 22.8 Å². The van der Waals surface area contributed by atoms with Crippen molar-refractivity contribution in [2.45, 2.75) is 0 Å². The maximum atomic E-state index is 11.5. The third kappa shape index (κ3) is 4.11. The highest BCUT2D eigenvalue weighted by atomic mass is 16.5. The summed E-state index contributed by atoms with van der Waals surface area (Å²) in [4.78, 5) is 22.3. The Morgan fingerprint density at radius 3 is 2.29 bits per heavy atom. The lowest BCUT2D eigenvalue weighted by atomic mass is 10.1. The Morgan fingerprint density at radius 2 is 1.76 bits per heavy atom. The van der Waals surface area contributed by atoms with Crippen molar-refractivity contribution >= 4 is 18.0 Å². The topological polar surface area (TPSA) is 112 Å². The van der Waals surface area contributed by atoms with Gasteiger partial charge in [-0.05, 0) is 18.2 Å². The van der Waals surface area contributed by atoms with Crippen LogP contribution in [0.3, 0.4) is 0 Å². The Balaban J connectivity index is 3.03. The molecule has 0 atom stereocenters. The van der Waals surface area contributed by atoms with Crippen LogP contribution in [0.4, 0.5) is 4.79 Å². The summed E-state index contributed by atoms with van der Waals surface area (Å²) in [6.45, 7) is 0. The molecule has 0 bridgehead atoms. The molecule has 0 saturated carbocycles. The summed E-state index contributed by atoms with van der Waals surface area (Å²) < 4.78 is 15.6. The van der Waals surface area contributed by atoms with Crippen LogP contribution in [0.5, 0.6) is 17.2 Å². The molecule has 4 N–H and O–H groups in total. The van der Waals surface area contributed by atoms with Crippen molar-refractivity contribution in [2.24, 2.45) is 5.84 Å². The number of rotatable bonds is 5. The highest BCUT2D eigenvalue weighted by Crippen LogP contribution is 2.40. The van der Waals surface area contributed by atoms with E-state index in [1.54, 1.807) is 17.6 Å². The van der Waals surface area contributed by atoms with Gasteiger partial charge in [-0.2, -0.15) is 0 Å². The first-order valence-electron chi connectivity index (χ1n) is 5.86. The summed E-state index contributed by atoms with van der Waals surface area (Å²) in [6.07, 6.45) is 2.64. The van der Waals surface area contributed by atoms with Crippen LogP contribution in [0.1, 0.15) is 5.56 Å². The number of amides is 3. The molecule has 0 fully saturated rings. The number of hydrazine groups is 1. The van der Waals surface area contributed by atoms with Crippen molar-refractivity contribution in [1.29, 1.82) is 0 Å². The van der Waals surface area contributed by atoms with Gasteiger partial charge in [-0.1, -0.05) is 0 Å². The summed E-state index contributed by atoms with van der Waals surface area (Å²) in [5.41, 5.74) is 2.37. The van der Waals surface area contributed by atoms with Gasteiger partial charge in [-0.15, -0.1) is 0 Å². The normalized spacial score (nSPS) is 10.1. The molecule has 3 amide bonds. The Morgan fingerprint density at radius 1 is 1.10 bits per heavy atom. The summed E-state index contributed by atoms with van der Waals surface area (Å²) in [5.74, 6) is 5.53. The van der Waals surface area contributed by atoms with E-state index in [1.165, 1.54) is 33.5 Å². The molecule has 0 unspecified atom stereocenters. The van der Waals surface area contributed by atoms with E-state index in [1.807, 2.05) is 5.32 Å². The Bertz CT molecular complexity index is 557. The van der Waals surface area contributed by atoms with E-state index in [2.05, 4.69) is 0 Å². The number of methoxy groups -OCH3 is 3. The van der Waals surface area contributed by atoms with E-state index >= 15 is 0 Å². The fraction of sp³-hybridized carbons (Fsp3) is 0.231. The first kappa shape index (κ1) is 16.3. The predicted octanol–water partition coefficient (Wildman–Crippen LogP) is 0.425. The molecular formula is C13H17N3O5. The predicted molar refractivity (Wildman–Crippen MR) is 76.0 cm³/mol. The summed E-state index contributed by atoms with van der Waals surface area (Å²) in [7, 11) is 4.45. The largest absolute Gasteiger partial charge is 0.493 e. The van der Waals surface area contributed by atoms with Gasteiger partial charge in [0, 0.05) is 11.6 Å². The second-order valence-corrected chi connectivity index (χ2v) is 3.72. The van der Waals surface area contributed by atoms with Crippen molar-refractivity contribution in [2.75, 3.05) is 21.3 Å². The molecule has 1 rings (SSSR count). The van der Waals surface area contributed by atoms with Gasteiger partial charge in [0.05, 0.1) is 21.3 Å². The minimum absolute atomic E-state index is 0.405. The minimum Gasteiger partial charge on any atom is -0.493 e. The Kier molecular flexibility index (Phi) is 6.02. The molecule has 0 aliphatic heterocycles. The molecule has 0 spiro atoms. The quantitative estimate of drug-likeness (QED) is 0.314. The molecule has 21 heavy (non-hydrogen) atoms. The van der Waals surface area contributed by atoms with E-state index in [9.17, 15) is 9.59 Å².